The SMILES string of the molecule is N=Cc1ccc(OCCN2CCN(Cc3ccc4c(c3)OCO4)CC2)c2ccccc12. The van der Waals surface area contributed by atoms with Crippen LogP contribution in [0.3, 0.4) is 0 Å². The van der Waals surface area contributed by atoms with Gasteiger partial charge in [-0.25, -0.2) is 0 Å². The number of ether oxygens (including phenoxy) is 3. The molecule has 0 amide bonds. The predicted molar refractivity (Wildman–Crippen MR) is 122 cm³/mol. The molecule has 0 bridgehead atoms. The largest absolute Gasteiger partial charge is 0.492 e. The zero-order valence-corrected chi connectivity index (χ0v) is 17.5. The van der Waals surface area contributed by atoms with E-state index in [-0.39, 0.29) is 0 Å². The van der Waals surface area contributed by atoms with Crippen LogP contribution in [0.15, 0.2) is 54.6 Å². The number of nitrogens with zero attached hydrogens (tertiary/aromatic N) is 2. The molecule has 31 heavy (non-hydrogen) atoms. The summed E-state index contributed by atoms with van der Waals surface area (Å²) in [5, 5.41) is 9.73. The summed E-state index contributed by atoms with van der Waals surface area (Å²) in [7, 11) is 0. The van der Waals surface area contributed by atoms with E-state index in [1.807, 2.05) is 36.4 Å². The van der Waals surface area contributed by atoms with E-state index in [1.165, 1.54) is 11.8 Å². The van der Waals surface area contributed by atoms with E-state index in [1.54, 1.807) is 0 Å². The summed E-state index contributed by atoms with van der Waals surface area (Å²) in [5.74, 6) is 2.59. The van der Waals surface area contributed by atoms with Crippen molar-refractivity contribution >= 4 is 17.0 Å². The first-order chi connectivity index (χ1) is 15.3. The van der Waals surface area contributed by atoms with Gasteiger partial charge in [-0.05, 0) is 35.2 Å². The number of nitrogens with one attached hydrogen (secondary N) is 1. The topological polar surface area (TPSA) is 58.0 Å². The molecule has 0 spiro atoms. The smallest absolute Gasteiger partial charge is 0.231 e. The molecule has 3 aromatic rings. The summed E-state index contributed by atoms with van der Waals surface area (Å²) in [6, 6.07) is 18.3. The second-order valence-electron chi connectivity index (χ2n) is 8.00. The van der Waals surface area contributed by atoms with E-state index in [9.17, 15) is 0 Å². The van der Waals surface area contributed by atoms with E-state index < -0.39 is 0 Å². The Morgan fingerprint density at radius 2 is 1.65 bits per heavy atom. The Morgan fingerprint density at radius 3 is 2.48 bits per heavy atom. The second kappa shape index (κ2) is 8.96. The van der Waals surface area contributed by atoms with Gasteiger partial charge in [0.05, 0.1) is 0 Å². The number of hydrogen-bond acceptors (Lipinski definition) is 6. The van der Waals surface area contributed by atoms with E-state index in [2.05, 4.69) is 28.0 Å². The van der Waals surface area contributed by atoms with E-state index in [0.717, 1.165) is 72.9 Å². The van der Waals surface area contributed by atoms with Crippen molar-refractivity contribution in [3.05, 3.63) is 65.7 Å². The van der Waals surface area contributed by atoms with Crippen molar-refractivity contribution in [2.45, 2.75) is 6.54 Å². The Balaban J connectivity index is 1.11. The van der Waals surface area contributed by atoms with Gasteiger partial charge in [0.1, 0.15) is 12.4 Å². The third kappa shape index (κ3) is 4.36. The Hall–Kier alpha value is -3.09. The highest BCUT2D eigenvalue weighted by Crippen LogP contribution is 2.33. The molecule has 0 radical (unpaired) electrons. The molecule has 6 nitrogen and oxygen atoms in total. The highest BCUT2D eigenvalue weighted by Gasteiger charge is 2.19. The first-order valence-electron chi connectivity index (χ1n) is 10.8. The van der Waals surface area contributed by atoms with Crippen LogP contribution in [0.1, 0.15) is 11.1 Å². The van der Waals surface area contributed by atoms with Crippen molar-refractivity contribution in [1.29, 1.82) is 5.41 Å². The molecule has 0 saturated carbocycles. The minimum atomic E-state index is 0.322. The lowest BCUT2D eigenvalue weighted by molar-refractivity contribution is 0.113. The summed E-state index contributed by atoms with van der Waals surface area (Å²) < 4.78 is 17.0. The third-order valence-corrected chi connectivity index (χ3v) is 6.05. The number of fused-ring (bicyclic) bond motifs is 2. The third-order valence-electron chi connectivity index (χ3n) is 6.05. The molecule has 6 heteroatoms. The maximum absolute atomic E-state index is 7.60. The van der Waals surface area contributed by atoms with Crippen LogP contribution in [0.2, 0.25) is 0 Å². The first-order valence-corrected chi connectivity index (χ1v) is 10.8. The van der Waals surface area contributed by atoms with E-state index in [0.29, 0.717) is 13.4 Å². The monoisotopic (exact) mass is 417 g/mol. The minimum Gasteiger partial charge on any atom is -0.492 e. The first kappa shape index (κ1) is 19.8. The van der Waals surface area contributed by atoms with Gasteiger partial charge in [0, 0.05) is 56.4 Å². The standard InChI is InChI=1S/C25H27N3O3/c26-16-20-6-8-23(22-4-2-1-3-21(20)22)29-14-13-27-9-11-28(12-10-27)17-19-5-7-24-25(15-19)31-18-30-24/h1-8,15-16,26H,9-14,17-18H2. The zero-order chi connectivity index (χ0) is 21.0. The summed E-state index contributed by atoms with van der Waals surface area (Å²) >= 11 is 0. The fourth-order valence-electron chi connectivity index (χ4n) is 4.30. The quantitative estimate of drug-likeness (QED) is 0.593. The Labute approximate surface area is 182 Å². The van der Waals surface area contributed by atoms with Gasteiger partial charge in [-0.2, -0.15) is 0 Å². The van der Waals surface area contributed by atoms with Crippen LogP contribution in [0.4, 0.5) is 0 Å². The summed E-state index contributed by atoms with van der Waals surface area (Å²) in [6.07, 6.45) is 1.40. The van der Waals surface area contributed by atoms with Crippen LogP contribution >= 0.6 is 0 Å². The Bertz CT molecular complexity index is 1080. The molecule has 2 aliphatic heterocycles. The molecule has 1 saturated heterocycles. The summed E-state index contributed by atoms with van der Waals surface area (Å²) in [4.78, 5) is 4.95. The Morgan fingerprint density at radius 1 is 0.871 bits per heavy atom. The number of hydrogen-bond donors (Lipinski definition) is 1. The zero-order valence-electron chi connectivity index (χ0n) is 17.5. The van der Waals surface area contributed by atoms with Crippen LogP contribution < -0.4 is 14.2 Å². The van der Waals surface area contributed by atoms with Gasteiger partial charge in [-0.15, -0.1) is 0 Å². The molecule has 2 aliphatic rings. The lowest BCUT2D eigenvalue weighted by atomic mass is 10.0. The van der Waals surface area contributed by atoms with Crippen molar-refractivity contribution in [1.82, 2.24) is 9.80 Å². The maximum atomic E-state index is 7.60. The predicted octanol–water partition coefficient (Wildman–Crippen LogP) is 3.76. The van der Waals surface area contributed by atoms with Crippen molar-refractivity contribution in [3.8, 4) is 17.2 Å². The lowest BCUT2D eigenvalue weighted by Gasteiger charge is -2.34. The average Bonchev–Trinajstić information content (AvgIpc) is 3.28. The van der Waals surface area contributed by atoms with Gasteiger partial charge in [-0.1, -0.05) is 30.3 Å². The van der Waals surface area contributed by atoms with Gasteiger partial charge in [0.2, 0.25) is 6.79 Å². The van der Waals surface area contributed by atoms with Crippen molar-refractivity contribution in [3.63, 3.8) is 0 Å². The lowest BCUT2D eigenvalue weighted by Crippen LogP contribution is -2.47. The van der Waals surface area contributed by atoms with Crippen LogP contribution in [0, 0.1) is 5.41 Å². The fraction of sp³-hybridized carbons (Fsp3) is 0.320. The average molecular weight is 418 g/mol. The summed E-state index contributed by atoms with van der Waals surface area (Å²) in [5.41, 5.74) is 2.18. The van der Waals surface area contributed by atoms with Gasteiger partial charge in [0.15, 0.2) is 11.5 Å². The van der Waals surface area contributed by atoms with Crippen LogP contribution in [0.25, 0.3) is 10.8 Å². The highest BCUT2D eigenvalue weighted by molar-refractivity contribution is 6.01. The second-order valence-corrected chi connectivity index (χ2v) is 8.00. The van der Waals surface area contributed by atoms with Crippen molar-refractivity contribution < 1.29 is 14.2 Å². The van der Waals surface area contributed by atoms with Gasteiger partial charge in [-0.3, -0.25) is 9.80 Å². The maximum Gasteiger partial charge on any atom is 0.231 e. The molecule has 1 fully saturated rings. The van der Waals surface area contributed by atoms with Gasteiger partial charge in [0.25, 0.3) is 0 Å². The molecule has 2 heterocycles. The van der Waals surface area contributed by atoms with Crippen LogP contribution in [0.5, 0.6) is 17.2 Å². The highest BCUT2D eigenvalue weighted by atomic mass is 16.7. The van der Waals surface area contributed by atoms with Gasteiger partial charge >= 0.3 is 0 Å². The van der Waals surface area contributed by atoms with Crippen LogP contribution in [-0.2, 0) is 6.54 Å². The molecular weight excluding hydrogens is 390 g/mol. The van der Waals surface area contributed by atoms with Crippen molar-refractivity contribution in [2.24, 2.45) is 0 Å². The van der Waals surface area contributed by atoms with E-state index >= 15 is 0 Å². The Kier molecular flexibility index (Phi) is 5.74. The molecule has 0 atom stereocenters. The molecule has 160 valence electrons. The fourth-order valence-corrected chi connectivity index (χ4v) is 4.30. The molecule has 1 N–H and O–H groups in total. The number of piperazine rings is 1. The number of benzene rings is 3. The normalized spacial score (nSPS) is 16.5. The van der Waals surface area contributed by atoms with Crippen LogP contribution in [-0.4, -0.2) is 62.1 Å². The molecule has 5 rings (SSSR count). The molecule has 0 unspecified atom stereocenters. The summed E-state index contributed by atoms with van der Waals surface area (Å²) in [6.45, 7) is 7.02. The van der Waals surface area contributed by atoms with Gasteiger partial charge < -0.3 is 19.6 Å². The molecule has 0 aliphatic carbocycles. The van der Waals surface area contributed by atoms with E-state index in [4.69, 9.17) is 19.6 Å². The molecule has 0 aromatic heterocycles. The molecule has 3 aromatic carbocycles. The minimum absolute atomic E-state index is 0.322. The number of rotatable bonds is 7. The molecular formula is C25H27N3O3. The van der Waals surface area contributed by atoms with Crippen molar-refractivity contribution in [2.75, 3.05) is 46.1 Å².